The fourth-order valence-corrected chi connectivity index (χ4v) is 9.51. The van der Waals surface area contributed by atoms with E-state index >= 15 is 0 Å². The van der Waals surface area contributed by atoms with Gasteiger partial charge in [0.2, 0.25) is 0 Å². The van der Waals surface area contributed by atoms with E-state index in [1.807, 2.05) is 0 Å². The molecule has 1 saturated carbocycles. The molecule has 0 radical (unpaired) electrons. The van der Waals surface area contributed by atoms with E-state index in [-0.39, 0.29) is 21.7 Å². The van der Waals surface area contributed by atoms with Crippen molar-refractivity contribution in [2.75, 3.05) is 4.90 Å². The Morgan fingerprint density at radius 3 is 1.62 bits per heavy atom. The molecule has 0 unspecified atom stereocenters. The summed E-state index contributed by atoms with van der Waals surface area (Å²) in [5, 5.41) is 0. The van der Waals surface area contributed by atoms with Crippen LogP contribution in [0.4, 0.5) is 17.1 Å². The lowest BCUT2D eigenvalue weighted by atomic mass is 9.78. The molecule has 0 atom stereocenters. The first-order valence-electron chi connectivity index (χ1n) is 21.9. The van der Waals surface area contributed by atoms with Crippen LogP contribution in [-0.4, -0.2) is 0 Å². The first-order valence-corrected chi connectivity index (χ1v) is 21.9. The van der Waals surface area contributed by atoms with Crippen molar-refractivity contribution in [1.29, 1.82) is 0 Å². The first kappa shape index (κ1) is 39.9. The van der Waals surface area contributed by atoms with Gasteiger partial charge in [-0.1, -0.05) is 180 Å². The maximum absolute atomic E-state index is 2.53. The van der Waals surface area contributed by atoms with Gasteiger partial charge in [0.05, 0.1) is 0 Å². The predicted molar refractivity (Wildman–Crippen MR) is 251 cm³/mol. The molecule has 0 saturated heterocycles. The third-order valence-corrected chi connectivity index (χ3v) is 13.3. The highest BCUT2D eigenvalue weighted by molar-refractivity contribution is 5.88. The molecule has 298 valence electrons. The van der Waals surface area contributed by atoms with E-state index in [1.165, 1.54) is 116 Å². The van der Waals surface area contributed by atoms with E-state index in [1.54, 1.807) is 0 Å². The van der Waals surface area contributed by atoms with Crippen LogP contribution in [0, 0.1) is 0 Å². The third kappa shape index (κ3) is 7.70. The van der Waals surface area contributed by atoms with Crippen molar-refractivity contribution in [3.05, 3.63) is 161 Å². The summed E-state index contributed by atoms with van der Waals surface area (Å²) in [6, 6.07) is 49.7. The number of fused-ring (bicyclic) bond motifs is 3. The van der Waals surface area contributed by atoms with Gasteiger partial charge in [-0.05, 0) is 144 Å². The van der Waals surface area contributed by atoms with E-state index in [2.05, 4.69) is 208 Å². The molecule has 0 aromatic heterocycles. The topological polar surface area (TPSA) is 3.24 Å². The van der Waals surface area contributed by atoms with Gasteiger partial charge in [-0.2, -0.15) is 0 Å². The first-order chi connectivity index (χ1) is 27.4. The lowest BCUT2D eigenvalue weighted by molar-refractivity contribution is 0.443. The fraction of sp³-hybridized carbons (Fsp3) is 0.368. The highest BCUT2D eigenvalue weighted by Crippen LogP contribution is 2.51. The molecule has 8 rings (SSSR count). The largest absolute Gasteiger partial charge is 0.310 e. The summed E-state index contributed by atoms with van der Waals surface area (Å²) in [5.74, 6) is 0.660. The van der Waals surface area contributed by atoms with Gasteiger partial charge in [0.1, 0.15) is 0 Å². The van der Waals surface area contributed by atoms with Crippen molar-refractivity contribution in [2.45, 2.75) is 136 Å². The predicted octanol–water partition coefficient (Wildman–Crippen LogP) is 16.7. The number of nitrogens with zero attached hydrogens (tertiary/aromatic N) is 1. The second-order valence-electron chi connectivity index (χ2n) is 21.1. The zero-order chi connectivity index (χ0) is 41.2. The summed E-state index contributed by atoms with van der Waals surface area (Å²) in [5.41, 5.74) is 19.6. The van der Waals surface area contributed by atoms with E-state index < -0.39 is 0 Å². The Labute approximate surface area is 350 Å². The van der Waals surface area contributed by atoms with Crippen LogP contribution in [0.15, 0.2) is 127 Å². The standard InChI is InChI=1S/C57H65N/c1-54(2,3)44-21-17-20-40(31-44)41-30-42(43-32-45(55(4,5)6)36-46(33-43)56(7,8)9)35-49(34-41)58(47-26-24-39(25-27-47)38-18-13-12-14-19-38)48-28-29-51-50-22-15-16-23-52(50)57(10,11)53(51)37-48/h15-17,20-38H,12-14,18-19H2,1-11H3. The van der Waals surface area contributed by atoms with Crippen molar-refractivity contribution in [3.8, 4) is 33.4 Å². The number of hydrogen-bond acceptors (Lipinski definition) is 1. The van der Waals surface area contributed by atoms with Crippen molar-refractivity contribution in [3.63, 3.8) is 0 Å². The van der Waals surface area contributed by atoms with Gasteiger partial charge >= 0.3 is 0 Å². The number of rotatable bonds is 6. The Hall–Kier alpha value is -4.88. The summed E-state index contributed by atoms with van der Waals surface area (Å²) >= 11 is 0. The van der Waals surface area contributed by atoms with Crippen LogP contribution in [0.5, 0.6) is 0 Å². The Kier molecular flexibility index (Phi) is 10.1. The third-order valence-electron chi connectivity index (χ3n) is 13.3. The molecule has 1 fully saturated rings. The minimum absolute atomic E-state index is 0.0123. The van der Waals surface area contributed by atoms with Gasteiger partial charge in [-0.3, -0.25) is 0 Å². The van der Waals surface area contributed by atoms with E-state index in [0.717, 1.165) is 0 Å². The van der Waals surface area contributed by atoms with Crippen LogP contribution in [0.25, 0.3) is 33.4 Å². The molecule has 0 heterocycles. The molecule has 2 aliphatic carbocycles. The normalized spacial score (nSPS) is 15.6. The zero-order valence-electron chi connectivity index (χ0n) is 37.2. The minimum atomic E-state index is -0.102. The van der Waals surface area contributed by atoms with Gasteiger partial charge in [-0.25, -0.2) is 0 Å². The smallest absolute Gasteiger partial charge is 0.0473 e. The SMILES string of the molecule is CC(C)(C)c1cccc(-c2cc(-c3cc(C(C)(C)C)cc(C(C)(C)C)c3)cc(N(c3ccc(C4CCCCC4)cc3)c3ccc4c(c3)C(C)(C)c3ccccc3-4)c2)c1. The number of anilines is 3. The maximum Gasteiger partial charge on any atom is 0.0473 e. The van der Waals surface area contributed by atoms with Gasteiger partial charge in [0, 0.05) is 22.5 Å². The average molecular weight is 764 g/mol. The van der Waals surface area contributed by atoms with Crippen LogP contribution in [0.3, 0.4) is 0 Å². The summed E-state index contributed by atoms with van der Waals surface area (Å²) in [6.07, 6.45) is 6.64. The maximum atomic E-state index is 2.53. The fourth-order valence-electron chi connectivity index (χ4n) is 9.51. The number of benzene rings is 6. The Bertz CT molecular complexity index is 2420. The minimum Gasteiger partial charge on any atom is -0.310 e. The molecule has 0 spiro atoms. The molecule has 2 aliphatic rings. The molecular weight excluding hydrogens is 699 g/mol. The second-order valence-corrected chi connectivity index (χ2v) is 21.1. The molecule has 58 heavy (non-hydrogen) atoms. The van der Waals surface area contributed by atoms with Gasteiger partial charge in [0.15, 0.2) is 0 Å². The molecule has 0 amide bonds. The summed E-state index contributed by atoms with van der Waals surface area (Å²) in [4.78, 5) is 2.53. The van der Waals surface area contributed by atoms with Gasteiger partial charge in [-0.15, -0.1) is 0 Å². The zero-order valence-corrected chi connectivity index (χ0v) is 37.2. The molecule has 1 nitrogen and oxygen atoms in total. The molecule has 6 aromatic rings. The second kappa shape index (κ2) is 14.7. The van der Waals surface area contributed by atoms with Crippen molar-refractivity contribution < 1.29 is 0 Å². The Morgan fingerprint density at radius 2 is 0.983 bits per heavy atom. The van der Waals surface area contributed by atoms with E-state index in [9.17, 15) is 0 Å². The average Bonchev–Trinajstić information content (AvgIpc) is 3.43. The summed E-state index contributed by atoms with van der Waals surface area (Å²) in [7, 11) is 0. The monoisotopic (exact) mass is 764 g/mol. The Morgan fingerprint density at radius 1 is 0.431 bits per heavy atom. The van der Waals surface area contributed by atoms with E-state index in [0.29, 0.717) is 5.92 Å². The van der Waals surface area contributed by atoms with E-state index in [4.69, 9.17) is 0 Å². The quantitative estimate of drug-likeness (QED) is 0.163. The lowest BCUT2D eigenvalue weighted by Crippen LogP contribution is -2.17. The van der Waals surface area contributed by atoms with Crippen LogP contribution in [-0.2, 0) is 21.7 Å². The molecule has 1 heteroatoms. The highest BCUT2D eigenvalue weighted by atomic mass is 15.1. The van der Waals surface area contributed by atoms with Crippen LogP contribution in [0.2, 0.25) is 0 Å². The van der Waals surface area contributed by atoms with Gasteiger partial charge < -0.3 is 4.90 Å². The summed E-state index contributed by atoms with van der Waals surface area (Å²) < 4.78 is 0. The van der Waals surface area contributed by atoms with Crippen LogP contribution in [0.1, 0.15) is 148 Å². The van der Waals surface area contributed by atoms with Crippen molar-refractivity contribution in [1.82, 2.24) is 0 Å². The molecule has 0 aliphatic heterocycles. The Balaban J connectivity index is 1.38. The molecule has 6 aromatic carbocycles. The van der Waals surface area contributed by atoms with Crippen LogP contribution < -0.4 is 4.90 Å². The van der Waals surface area contributed by atoms with Crippen molar-refractivity contribution >= 4 is 17.1 Å². The van der Waals surface area contributed by atoms with Crippen LogP contribution >= 0.6 is 0 Å². The number of hydrogen-bond donors (Lipinski definition) is 0. The lowest BCUT2D eigenvalue weighted by Gasteiger charge is -2.30. The highest BCUT2D eigenvalue weighted by Gasteiger charge is 2.36. The molecule has 0 bridgehead atoms. The van der Waals surface area contributed by atoms with Gasteiger partial charge in [0.25, 0.3) is 0 Å². The summed E-state index contributed by atoms with van der Waals surface area (Å²) in [6.45, 7) is 25.7. The van der Waals surface area contributed by atoms with Crippen molar-refractivity contribution in [2.24, 2.45) is 0 Å². The molecular formula is C57H65N. The molecule has 0 N–H and O–H groups in total.